The fourth-order valence-electron chi connectivity index (χ4n) is 3.18. The molecule has 0 fully saturated rings. The maximum atomic E-state index is 13.2. The summed E-state index contributed by atoms with van der Waals surface area (Å²) in [5.41, 5.74) is 3.50. The molecule has 0 radical (unpaired) electrons. The highest BCUT2D eigenvalue weighted by Gasteiger charge is 2.30. The van der Waals surface area contributed by atoms with Crippen LogP contribution < -0.4 is 4.90 Å². The van der Waals surface area contributed by atoms with Gasteiger partial charge in [-0.15, -0.1) is 0 Å². The van der Waals surface area contributed by atoms with E-state index in [1.165, 1.54) is 12.1 Å². The lowest BCUT2D eigenvalue weighted by atomic mass is 10.1. The SMILES string of the molecule is O=C1C(=Cc2ccc([N+](=O)[O-])cc2)C=C(c2ccccc2)N1c1cccc(Cl)c1. The van der Waals surface area contributed by atoms with E-state index in [1.54, 1.807) is 41.3 Å². The number of non-ortho nitro benzene ring substituents is 1. The average molecular weight is 403 g/mol. The molecular weight excluding hydrogens is 388 g/mol. The van der Waals surface area contributed by atoms with Gasteiger partial charge in [-0.05, 0) is 53.6 Å². The molecule has 1 aliphatic heterocycles. The second-order valence-corrected chi connectivity index (χ2v) is 6.90. The number of nitro groups is 1. The summed E-state index contributed by atoms with van der Waals surface area (Å²) in [6.45, 7) is 0. The normalized spacial score (nSPS) is 14.9. The Morgan fingerprint density at radius 3 is 2.31 bits per heavy atom. The van der Waals surface area contributed by atoms with Gasteiger partial charge in [-0.2, -0.15) is 0 Å². The van der Waals surface area contributed by atoms with Crippen LogP contribution in [0.15, 0.2) is 90.5 Å². The summed E-state index contributed by atoms with van der Waals surface area (Å²) in [6.07, 6.45) is 3.54. The summed E-state index contributed by atoms with van der Waals surface area (Å²) in [7, 11) is 0. The van der Waals surface area contributed by atoms with Gasteiger partial charge in [0.05, 0.1) is 16.3 Å². The van der Waals surface area contributed by atoms with Crippen LogP contribution in [0.5, 0.6) is 0 Å². The molecule has 1 aliphatic rings. The van der Waals surface area contributed by atoms with Gasteiger partial charge in [0, 0.05) is 22.7 Å². The number of hydrogen-bond acceptors (Lipinski definition) is 3. The summed E-state index contributed by atoms with van der Waals surface area (Å²) in [5.74, 6) is -0.190. The Hall–Kier alpha value is -3.70. The number of hydrogen-bond donors (Lipinski definition) is 0. The van der Waals surface area contributed by atoms with Crippen LogP contribution in [-0.2, 0) is 4.79 Å². The standard InChI is InChI=1S/C23H15ClN2O3/c24-19-7-4-8-21(15-19)25-22(17-5-2-1-3-6-17)14-18(23(25)27)13-16-9-11-20(12-10-16)26(28)29/h1-15H. The Labute approximate surface area is 172 Å². The van der Waals surface area contributed by atoms with Crippen molar-refractivity contribution in [1.29, 1.82) is 0 Å². The van der Waals surface area contributed by atoms with E-state index in [2.05, 4.69) is 0 Å². The van der Waals surface area contributed by atoms with Gasteiger partial charge in [-0.1, -0.05) is 48.0 Å². The summed E-state index contributed by atoms with van der Waals surface area (Å²) >= 11 is 6.14. The molecule has 0 N–H and O–H groups in total. The third-order valence-corrected chi connectivity index (χ3v) is 4.78. The van der Waals surface area contributed by atoms with Crippen molar-refractivity contribution in [3.63, 3.8) is 0 Å². The maximum absolute atomic E-state index is 13.2. The van der Waals surface area contributed by atoms with Crippen molar-refractivity contribution in [3.8, 4) is 0 Å². The number of benzene rings is 3. The van der Waals surface area contributed by atoms with Crippen molar-refractivity contribution in [2.75, 3.05) is 4.90 Å². The molecule has 0 atom stereocenters. The van der Waals surface area contributed by atoms with E-state index in [4.69, 9.17) is 11.6 Å². The minimum atomic E-state index is -0.452. The fraction of sp³-hybridized carbons (Fsp3) is 0. The highest BCUT2D eigenvalue weighted by atomic mass is 35.5. The Bertz CT molecular complexity index is 1150. The largest absolute Gasteiger partial charge is 0.276 e. The van der Waals surface area contributed by atoms with Crippen molar-refractivity contribution in [3.05, 3.63) is 117 Å². The number of amides is 1. The summed E-state index contributed by atoms with van der Waals surface area (Å²) in [5, 5.41) is 11.4. The van der Waals surface area contributed by atoms with Crippen molar-refractivity contribution < 1.29 is 9.72 Å². The number of nitrogens with zero attached hydrogens (tertiary/aromatic N) is 2. The van der Waals surface area contributed by atoms with Gasteiger partial charge >= 0.3 is 0 Å². The van der Waals surface area contributed by atoms with Crippen LogP contribution in [0.1, 0.15) is 11.1 Å². The van der Waals surface area contributed by atoms with Crippen LogP contribution >= 0.6 is 11.6 Å². The third-order valence-electron chi connectivity index (χ3n) is 4.55. The van der Waals surface area contributed by atoms with Crippen LogP contribution in [0.3, 0.4) is 0 Å². The molecule has 1 amide bonds. The molecule has 6 heteroatoms. The predicted molar refractivity (Wildman–Crippen MR) is 114 cm³/mol. The molecule has 0 unspecified atom stereocenters. The lowest BCUT2D eigenvalue weighted by molar-refractivity contribution is -0.384. The van der Waals surface area contributed by atoms with Crippen molar-refractivity contribution in [2.24, 2.45) is 0 Å². The van der Waals surface area contributed by atoms with Crippen LogP contribution in [0, 0.1) is 10.1 Å². The first-order valence-electron chi connectivity index (χ1n) is 8.86. The van der Waals surface area contributed by atoms with Gasteiger partial charge < -0.3 is 0 Å². The van der Waals surface area contributed by atoms with Gasteiger partial charge in [0.1, 0.15) is 0 Å². The summed E-state index contributed by atoms with van der Waals surface area (Å²) in [6, 6.07) is 22.8. The Balaban J connectivity index is 1.78. The number of carbonyl (C=O) groups excluding carboxylic acids is 1. The highest BCUT2D eigenvalue weighted by molar-refractivity contribution is 6.31. The second kappa shape index (κ2) is 7.73. The first-order valence-corrected chi connectivity index (χ1v) is 9.24. The van der Waals surface area contributed by atoms with Crippen LogP contribution in [-0.4, -0.2) is 10.8 Å². The molecule has 0 saturated carbocycles. The Kier molecular flexibility index (Phi) is 4.97. The molecule has 4 rings (SSSR count). The van der Waals surface area contributed by atoms with Crippen LogP contribution in [0.4, 0.5) is 11.4 Å². The Morgan fingerprint density at radius 2 is 1.66 bits per heavy atom. The van der Waals surface area contributed by atoms with E-state index in [9.17, 15) is 14.9 Å². The molecule has 0 aliphatic carbocycles. The van der Waals surface area contributed by atoms with Crippen LogP contribution in [0.25, 0.3) is 11.8 Å². The molecule has 1 heterocycles. The second-order valence-electron chi connectivity index (χ2n) is 6.46. The van der Waals surface area contributed by atoms with Gasteiger partial charge in [0.25, 0.3) is 11.6 Å². The minimum absolute atomic E-state index is 0.00553. The topological polar surface area (TPSA) is 63.4 Å². The lowest BCUT2D eigenvalue weighted by Gasteiger charge is -2.21. The predicted octanol–water partition coefficient (Wildman–Crippen LogP) is 5.72. The molecule has 142 valence electrons. The monoisotopic (exact) mass is 402 g/mol. The first-order chi connectivity index (χ1) is 14.0. The molecule has 29 heavy (non-hydrogen) atoms. The zero-order chi connectivity index (χ0) is 20.4. The maximum Gasteiger partial charge on any atom is 0.269 e. The van der Waals surface area contributed by atoms with E-state index in [1.807, 2.05) is 42.5 Å². The molecule has 5 nitrogen and oxygen atoms in total. The highest BCUT2D eigenvalue weighted by Crippen LogP contribution is 2.36. The van der Waals surface area contributed by atoms with E-state index >= 15 is 0 Å². The van der Waals surface area contributed by atoms with Gasteiger partial charge in [0.15, 0.2) is 0 Å². The number of anilines is 1. The third kappa shape index (κ3) is 3.81. The molecule has 0 saturated heterocycles. The first kappa shape index (κ1) is 18.7. The van der Waals surface area contributed by atoms with Crippen molar-refractivity contribution in [2.45, 2.75) is 0 Å². The van der Waals surface area contributed by atoms with Gasteiger partial charge in [-0.25, -0.2) is 0 Å². The van der Waals surface area contributed by atoms with E-state index in [0.29, 0.717) is 21.8 Å². The smallest absolute Gasteiger partial charge is 0.269 e. The lowest BCUT2D eigenvalue weighted by Crippen LogP contribution is -2.24. The number of nitro benzene ring substituents is 1. The Morgan fingerprint density at radius 1 is 0.931 bits per heavy atom. The van der Waals surface area contributed by atoms with Gasteiger partial charge in [0.2, 0.25) is 0 Å². The summed E-state index contributed by atoms with van der Waals surface area (Å²) < 4.78 is 0. The zero-order valence-electron chi connectivity index (χ0n) is 15.2. The number of carbonyl (C=O) groups is 1. The van der Waals surface area contributed by atoms with Crippen LogP contribution in [0.2, 0.25) is 5.02 Å². The number of rotatable bonds is 4. The molecule has 3 aromatic rings. The molecule has 0 bridgehead atoms. The molecule has 0 spiro atoms. The van der Waals surface area contributed by atoms with Crippen molar-refractivity contribution in [1.82, 2.24) is 0 Å². The van der Waals surface area contributed by atoms with Gasteiger partial charge in [-0.3, -0.25) is 19.8 Å². The molecule has 0 aromatic heterocycles. The number of halogens is 1. The minimum Gasteiger partial charge on any atom is -0.276 e. The fourth-order valence-corrected chi connectivity index (χ4v) is 3.36. The molecular formula is C23H15ClN2O3. The van der Waals surface area contributed by atoms with E-state index < -0.39 is 4.92 Å². The van der Waals surface area contributed by atoms with E-state index in [-0.39, 0.29) is 11.6 Å². The zero-order valence-corrected chi connectivity index (χ0v) is 15.9. The van der Waals surface area contributed by atoms with E-state index in [0.717, 1.165) is 11.3 Å². The molecule has 3 aromatic carbocycles. The quantitative estimate of drug-likeness (QED) is 0.318. The van der Waals surface area contributed by atoms with Crippen molar-refractivity contribution >= 4 is 40.7 Å². The average Bonchev–Trinajstić information content (AvgIpc) is 3.05. The summed E-state index contributed by atoms with van der Waals surface area (Å²) in [4.78, 5) is 25.3.